The number of fused-ring (bicyclic) bond motifs is 1. The summed E-state index contributed by atoms with van der Waals surface area (Å²) in [5.74, 6) is 0.606. The van der Waals surface area contributed by atoms with E-state index in [4.69, 9.17) is 4.42 Å². The van der Waals surface area contributed by atoms with Gasteiger partial charge in [-0.05, 0) is 12.1 Å². The van der Waals surface area contributed by atoms with Crippen LogP contribution < -0.4 is 5.43 Å². The first kappa shape index (κ1) is 18.0. The van der Waals surface area contributed by atoms with Crippen LogP contribution in [0.3, 0.4) is 0 Å². The molecule has 0 unspecified atom stereocenters. The fourth-order valence-electron chi connectivity index (χ4n) is 1.85. The fourth-order valence-corrected chi connectivity index (χ4v) is 1.85. The van der Waals surface area contributed by atoms with E-state index >= 15 is 0 Å². The summed E-state index contributed by atoms with van der Waals surface area (Å²) in [6.07, 6.45) is 0. The molecule has 0 saturated heterocycles. The first-order valence-corrected chi connectivity index (χ1v) is 5.43. The molecule has 0 N–H and O–H groups in total. The maximum Gasteiger partial charge on any atom is 0.193 e. The summed E-state index contributed by atoms with van der Waals surface area (Å²) in [6.45, 7) is 0. The van der Waals surface area contributed by atoms with Crippen LogP contribution in [0, 0.1) is 0 Å². The maximum absolute atomic E-state index is 11.9. The number of hydrogen-bond acceptors (Lipinski definition) is 2. The number of hydrogen-bond donors (Lipinski definition) is 0. The van der Waals surface area contributed by atoms with Gasteiger partial charge in [-0.3, -0.25) is 4.79 Å². The quantitative estimate of drug-likeness (QED) is 0.647. The van der Waals surface area contributed by atoms with Crippen LogP contribution >= 0.6 is 0 Å². The van der Waals surface area contributed by atoms with E-state index in [1.807, 2.05) is 48.5 Å². The number of para-hydroxylation sites is 1. The SMILES string of the molecule is O=c1cc(-c2ccccc2)oc2ccccc12.[K].[K]. The first-order chi connectivity index (χ1) is 8.34. The van der Waals surface area contributed by atoms with Gasteiger partial charge in [-0.1, -0.05) is 42.5 Å². The molecule has 19 heavy (non-hydrogen) atoms. The van der Waals surface area contributed by atoms with E-state index in [0.717, 1.165) is 5.56 Å². The van der Waals surface area contributed by atoms with E-state index < -0.39 is 0 Å². The molecule has 84 valence electrons. The van der Waals surface area contributed by atoms with E-state index in [0.29, 0.717) is 16.7 Å². The van der Waals surface area contributed by atoms with Crippen LogP contribution in [0.15, 0.2) is 69.9 Å². The third-order valence-corrected chi connectivity index (χ3v) is 2.69. The molecule has 0 aliphatic carbocycles. The topological polar surface area (TPSA) is 30.2 Å². The smallest absolute Gasteiger partial charge is 0.193 e. The normalized spacial score (nSPS) is 9.47. The molecular weight excluding hydrogens is 290 g/mol. The molecule has 0 atom stereocenters. The Hall–Kier alpha value is 0.923. The van der Waals surface area contributed by atoms with Gasteiger partial charge < -0.3 is 4.42 Å². The summed E-state index contributed by atoms with van der Waals surface area (Å²) in [4.78, 5) is 11.9. The number of benzene rings is 2. The molecule has 0 fully saturated rings. The van der Waals surface area contributed by atoms with Crippen LogP contribution in [-0.4, -0.2) is 103 Å². The Kier molecular flexibility index (Phi) is 7.93. The van der Waals surface area contributed by atoms with Crippen molar-refractivity contribution in [1.82, 2.24) is 0 Å². The van der Waals surface area contributed by atoms with Crippen molar-refractivity contribution < 1.29 is 4.42 Å². The molecule has 3 aromatic rings. The standard InChI is InChI=1S/C15H10O2.2K/c16-13-10-15(11-6-2-1-3-7-11)17-14-9-5-4-8-12(13)14;;/h1-10H;;. The summed E-state index contributed by atoms with van der Waals surface area (Å²) in [6, 6.07) is 18.4. The molecule has 2 nitrogen and oxygen atoms in total. The van der Waals surface area contributed by atoms with Gasteiger partial charge in [0.15, 0.2) is 5.43 Å². The molecule has 2 radical (unpaired) electrons. The van der Waals surface area contributed by atoms with Gasteiger partial charge in [0, 0.05) is 114 Å². The minimum absolute atomic E-state index is 0. The van der Waals surface area contributed by atoms with Crippen molar-refractivity contribution in [2.75, 3.05) is 0 Å². The molecule has 0 aliphatic heterocycles. The van der Waals surface area contributed by atoms with Crippen LogP contribution in [0.1, 0.15) is 0 Å². The van der Waals surface area contributed by atoms with Crippen LogP contribution in [-0.2, 0) is 0 Å². The van der Waals surface area contributed by atoms with Crippen LogP contribution in [0.25, 0.3) is 22.3 Å². The van der Waals surface area contributed by atoms with Gasteiger partial charge >= 0.3 is 0 Å². The van der Waals surface area contributed by atoms with Crippen molar-refractivity contribution in [2.24, 2.45) is 0 Å². The van der Waals surface area contributed by atoms with Crippen molar-refractivity contribution in [3.05, 3.63) is 70.9 Å². The molecule has 3 rings (SSSR count). The predicted octanol–water partition coefficient (Wildman–Crippen LogP) is 2.70. The fraction of sp³-hybridized carbons (Fsp3) is 0. The van der Waals surface area contributed by atoms with Crippen molar-refractivity contribution in [3.8, 4) is 11.3 Å². The third kappa shape index (κ3) is 4.20. The Morgan fingerprint density at radius 3 is 2.16 bits per heavy atom. The third-order valence-electron chi connectivity index (χ3n) is 2.69. The van der Waals surface area contributed by atoms with Crippen molar-refractivity contribution in [1.29, 1.82) is 0 Å². The molecule has 0 bridgehead atoms. The number of rotatable bonds is 1. The second-order valence-corrected chi connectivity index (χ2v) is 3.84. The minimum Gasteiger partial charge on any atom is -0.456 e. The van der Waals surface area contributed by atoms with E-state index in [1.165, 1.54) is 6.07 Å². The van der Waals surface area contributed by atoms with Crippen molar-refractivity contribution in [2.45, 2.75) is 0 Å². The van der Waals surface area contributed by atoms with Gasteiger partial charge in [-0.2, -0.15) is 0 Å². The zero-order valence-corrected chi connectivity index (χ0v) is 17.3. The summed E-state index contributed by atoms with van der Waals surface area (Å²) >= 11 is 0. The van der Waals surface area contributed by atoms with Gasteiger partial charge in [-0.15, -0.1) is 0 Å². The summed E-state index contributed by atoms with van der Waals surface area (Å²) in [5.41, 5.74) is 1.53. The van der Waals surface area contributed by atoms with E-state index in [2.05, 4.69) is 0 Å². The molecule has 2 aromatic carbocycles. The van der Waals surface area contributed by atoms with Crippen LogP contribution in [0.2, 0.25) is 0 Å². The minimum atomic E-state index is -0.00861. The Labute approximate surface area is 196 Å². The summed E-state index contributed by atoms with van der Waals surface area (Å²) in [5, 5.41) is 0.618. The molecule has 0 spiro atoms. The Bertz CT molecular complexity index is 721. The second-order valence-electron chi connectivity index (χ2n) is 3.84. The zero-order chi connectivity index (χ0) is 11.7. The molecule has 1 heterocycles. The van der Waals surface area contributed by atoms with E-state index in [-0.39, 0.29) is 108 Å². The molecule has 4 heteroatoms. The maximum atomic E-state index is 11.9. The van der Waals surface area contributed by atoms with Crippen LogP contribution in [0.4, 0.5) is 0 Å². The summed E-state index contributed by atoms with van der Waals surface area (Å²) in [7, 11) is 0. The molecular formula is C15H10K2O2. The Balaban J connectivity index is 0.000000902. The van der Waals surface area contributed by atoms with Crippen molar-refractivity contribution >= 4 is 114 Å². The summed E-state index contributed by atoms with van der Waals surface area (Å²) < 4.78 is 5.73. The first-order valence-electron chi connectivity index (χ1n) is 5.43. The van der Waals surface area contributed by atoms with E-state index in [9.17, 15) is 4.79 Å². The predicted molar refractivity (Wildman–Crippen MR) is 79.4 cm³/mol. The zero-order valence-electron chi connectivity index (χ0n) is 11.1. The monoisotopic (exact) mass is 300 g/mol. The molecule has 0 aliphatic rings. The average molecular weight is 300 g/mol. The molecule has 1 aromatic heterocycles. The molecule has 0 amide bonds. The Morgan fingerprint density at radius 1 is 0.789 bits per heavy atom. The van der Waals surface area contributed by atoms with E-state index in [1.54, 1.807) is 6.07 Å². The van der Waals surface area contributed by atoms with Gasteiger partial charge in [-0.25, -0.2) is 0 Å². The Morgan fingerprint density at radius 2 is 1.42 bits per heavy atom. The van der Waals surface area contributed by atoms with Gasteiger partial charge in [0.25, 0.3) is 0 Å². The molecule has 0 saturated carbocycles. The largest absolute Gasteiger partial charge is 0.456 e. The van der Waals surface area contributed by atoms with Gasteiger partial charge in [0.1, 0.15) is 11.3 Å². The average Bonchev–Trinajstić information content (AvgIpc) is 2.40. The van der Waals surface area contributed by atoms with Crippen LogP contribution in [0.5, 0.6) is 0 Å². The van der Waals surface area contributed by atoms with Gasteiger partial charge in [0.05, 0.1) is 5.39 Å². The van der Waals surface area contributed by atoms with Crippen molar-refractivity contribution in [3.63, 3.8) is 0 Å². The van der Waals surface area contributed by atoms with Gasteiger partial charge in [0.2, 0.25) is 0 Å². The second kappa shape index (κ2) is 8.39.